The second-order valence-corrected chi connectivity index (χ2v) is 7.91. The SMILES string of the molecule is NC(=O)Cc1cc2c(I)nn(C3CCCCO3)c2cc1N1CCCC1. The first-order valence-corrected chi connectivity index (χ1v) is 10.1. The van der Waals surface area contributed by atoms with Crippen molar-refractivity contribution in [2.45, 2.75) is 44.8 Å². The van der Waals surface area contributed by atoms with Crippen LogP contribution in [0.15, 0.2) is 12.1 Å². The Hall–Kier alpha value is -1.35. The van der Waals surface area contributed by atoms with Crippen molar-refractivity contribution in [1.29, 1.82) is 0 Å². The van der Waals surface area contributed by atoms with Crippen LogP contribution in [-0.4, -0.2) is 35.4 Å². The van der Waals surface area contributed by atoms with Crippen LogP contribution in [0, 0.1) is 3.70 Å². The summed E-state index contributed by atoms with van der Waals surface area (Å²) >= 11 is 2.27. The van der Waals surface area contributed by atoms with E-state index >= 15 is 0 Å². The molecule has 3 heterocycles. The lowest BCUT2D eigenvalue weighted by atomic mass is 10.1. The van der Waals surface area contributed by atoms with Gasteiger partial charge in [0.2, 0.25) is 5.91 Å². The lowest BCUT2D eigenvalue weighted by Crippen LogP contribution is -2.22. The molecule has 7 heteroatoms. The first kappa shape index (κ1) is 17.1. The molecule has 134 valence electrons. The van der Waals surface area contributed by atoms with E-state index in [0.717, 1.165) is 58.4 Å². The molecule has 0 bridgehead atoms. The van der Waals surface area contributed by atoms with Gasteiger partial charge in [-0.1, -0.05) is 0 Å². The maximum atomic E-state index is 11.6. The van der Waals surface area contributed by atoms with E-state index in [1.807, 2.05) is 4.68 Å². The Morgan fingerprint density at radius 2 is 2.08 bits per heavy atom. The largest absolute Gasteiger partial charge is 0.371 e. The molecule has 1 atom stereocenters. The maximum Gasteiger partial charge on any atom is 0.221 e. The Labute approximate surface area is 160 Å². The highest BCUT2D eigenvalue weighted by molar-refractivity contribution is 14.1. The van der Waals surface area contributed by atoms with E-state index in [1.54, 1.807) is 0 Å². The summed E-state index contributed by atoms with van der Waals surface area (Å²) in [5.41, 5.74) is 8.71. The van der Waals surface area contributed by atoms with Gasteiger partial charge in [-0.25, -0.2) is 4.68 Å². The molecular formula is C18H23IN4O2. The van der Waals surface area contributed by atoms with Crippen molar-refractivity contribution in [2.24, 2.45) is 5.73 Å². The zero-order chi connectivity index (χ0) is 17.4. The summed E-state index contributed by atoms with van der Waals surface area (Å²) in [6.45, 7) is 2.85. The number of amides is 1. The van der Waals surface area contributed by atoms with Crippen molar-refractivity contribution in [2.75, 3.05) is 24.6 Å². The molecular weight excluding hydrogens is 431 g/mol. The third-order valence-corrected chi connectivity index (χ3v) is 5.90. The van der Waals surface area contributed by atoms with Crippen molar-refractivity contribution >= 4 is 45.1 Å². The van der Waals surface area contributed by atoms with Crippen LogP contribution in [0.2, 0.25) is 0 Å². The molecule has 2 aliphatic heterocycles. The zero-order valence-electron chi connectivity index (χ0n) is 14.2. The average Bonchev–Trinajstić information content (AvgIpc) is 3.23. The van der Waals surface area contributed by atoms with Crippen LogP contribution in [-0.2, 0) is 16.0 Å². The number of hydrogen-bond acceptors (Lipinski definition) is 4. The van der Waals surface area contributed by atoms with E-state index in [9.17, 15) is 4.79 Å². The van der Waals surface area contributed by atoms with Crippen LogP contribution in [0.4, 0.5) is 5.69 Å². The molecule has 2 aliphatic rings. The van der Waals surface area contributed by atoms with E-state index in [-0.39, 0.29) is 18.6 Å². The number of benzene rings is 1. The number of carbonyl (C=O) groups is 1. The summed E-state index contributed by atoms with van der Waals surface area (Å²) in [7, 11) is 0. The number of anilines is 1. The van der Waals surface area contributed by atoms with Crippen LogP contribution < -0.4 is 10.6 Å². The molecule has 1 amide bonds. The molecule has 6 nitrogen and oxygen atoms in total. The molecule has 0 radical (unpaired) electrons. The Balaban J connectivity index is 1.83. The number of rotatable bonds is 4. The number of nitrogens with zero attached hydrogens (tertiary/aromatic N) is 3. The number of nitrogens with two attached hydrogens (primary N) is 1. The number of halogens is 1. The third kappa shape index (κ3) is 3.36. The zero-order valence-corrected chi connectivity index (χ0v) is 16.4. The van der Waals surface area contributed by atoms with Crippen molar-refractivity contribution in [3.63, 3.8) is 0 Å². The summed E-state index contributed by atoms with van der Waals surface area (Å²) in [5, 5.41) is 5.82. The lowest BCUT2D eigenvalue weighted by Gasteiger charge is -2.25. The molecule has 4 rings (SSSR count). The Bertz CT molecular complexity index is 792. The molecule has 1 aromatic carbocycles. The number of carbonyl (C=O) groups excluding carboxylic acids is 1. The number of aromatic nitrogens is 2. The van der Waals surface area contributed by atoms with Gasteiger partial charge >= 0.3 is 0 Å². The third-order valence-electron chi connectivity index (χ3n) is 5.10. The van der Waals surface area contributed by atoms with Crippen molar-refractivity contribution in [3.05, 3.63) is 21.4 Å². The van der Waals surface area contributed by atoms with E-state index in [1.165, 1.54) is 19.3 Å². The van der Waals surface area contributed by atoms with Gasteiger partial charge in [-0.05, 0) is 72.4 Å². The van der Waals surface area contributed by atoms with Gasteiger partial charge in [-0.3, -0.25) is 4.79 Å². The molecule has 2 N–H and O–H groups in total. The Kier molecular flexibility index (Phi) is 4.86. The molecule has 0 aliphatic carbocycles. The fourth-order valence-corrected chi connectivity index (χ4v) is 4.56. The van der Waals surface area contributed by atoms with E-state index in [2.05, 4.69) is 39.6 Å². The molecule has 2 fully saturated rings. The van der Waals surface area contributed by atoms with Crippen LogP contribution >= 0.6 is 22.6 Å². The number of hydrogen-bond donors (Lipinski definition) is 1. The summed E-state index contributed by atoms with van der Waals surface area (Å²) in [6, 6.07) is 4.29. The van der Waals surface area contributed by atoms with Gasteiger partial charge in [0, 0.05) is 30.8 Å². The molecule has 25 heavy (non-hydrogen) atoms. The quantitative estimate of drug-likeness (QED) is 0.722. The molecule has 2 saturated heterocycles. The molecule has 0 spiro atoms. The van der Waals surface area contributed by atoms with Crippen LogP contribution in [0.3, 0.4) is 0 Å². The van der Waals surface area contributed by atoms with Gasteiger partial charge < -0.3 is 15.4 Å². The fraction of sp³-hybridized carbons (Fsp3) is 0.556. The molecule has 1 unspecified atom stereocenters. The molecule has 1 aromatic heterocycles. The van der Waals surface area contributed by atoms with E-state index in [0.29, 0.717) is 0 Å². The topological polar surface area (TPSA) is 73.4 Å². The summed E-state index contributed by atoms with van der Waals surface area (Å²) < 4.78 is 8.93. The Morgan fingerprint density at radius 1 is 1.28 bits per heavy atom. The van der Waals surface area contributed by atoms with Gasteiger partial charge in [0.05, 0.1) is 11.9 Å². The highest BCUT2D eigenvalue weighted by Crippen LogP contribution is 2.35. The minimum Gasteiger partial charge on any atom is -0.371 e. The van der Waals surface area contributed by atoms with Crippen LogP contribution in [0.1, 0.15) is 43.9 Å². The van der Waals surface area contributed by atoms with Crippen molar-refractivity contribution in [1.82, 2.24) is 9.78 Å². The molecule has 2 aromatic rings. The fourth-order valence-electron chi connectivity index (χ4n) is 3.90. The summed E-state index contributed by atoms with van der Waals surface area (Å²) in [4.78, 5) is 13.9. The average molecular weight is 454 g/mol. The maximum absolute atomic E-state index is 11.6. The number of primary amides is 1. The van der Waals surface area contributed by atoms with E-state index < -0.39 is 0 Å². The van der Waals surface area contributed by atoms with Gasteiger partial charge in [-0.15, -0.1) is 0 Å². The number of fused-ring (bicyclic) bond motifs is 1. The van der Waals surface area contributed by atoms with Gasteiger partial charge in [-0.2, -0.15) is 5.10 Å². The van der Waals surface area contributed by atoms with Gasteiger partial charge in [0.25, 0.3) is 0 Å². The Morgan fingerprint density at radius 3 is 2.76 bits per heavy atom. The first-order valence-electron chi connectivity index (χ1n) is 8.99. The second kappa shape index (κ2) is 7.11. The highest BCUT2D eigenvalue weighted by atomic mass is 127. The summed E-state index contributed by atoms with van der Waals surface area (Å²) in [5.74, 6) is -0.294. The van der Waals surface area contributed by atoms with Crippen molar-refractivity contribution in [3.8, 4) is 0 Å². The number of ether oxygens (including phenoxy) is 1. The molecule has 0 saturated carbocycles. The predicted octanol–water partition coefficient (Wildman–Crippen LogP) is 2.97. The van der Waals surface area contributed by atoms with Gasteiger partial charge in [0.1, 0.15) is 3.70 Å². The first-order chi connectivity index (χ1) is 12.1. The smallest absolute Gasteiger partial charge is 0.221 e. The standard InChI is InChI=1S/C18H23IN4O2/c19-18-13-9-12(10-16(20)24)14(22-6-2-3-7-22)11-15(13)23(21-18)17-5-1-4-8-25-17/h9,11,17H,1-8,10H2,(H2,20,24). The monoisotopic (exact) mass is 454 g/mol. The summed E-state index contributed by atoms with van der Waals surface area (Å²) in [6.07, 6.45) is 5.94. The predicted molar refractivity (Wildman–Crippen MR) is 106 cm³/mol. The minimum absolute atomic E-state index is 0.00758. The van der Waals surface area contributed by atoms with Crippen molar-refractivity contribution < 1.29 is 9.53 Å². The normalized spacial score (nSPS) is 21.2. The second-order valence-electron chi connectivity index (χ2n) is 6.89. The lowest BCUT2D eigenvalue weighted by molar-refractivity contribution is -0.117. The minimum atomic E-state index is -0.294. The van der Waals surface area contributed by atoms with Crippen LogP contribution in [0.5, 0.6) is 0 Å². The van der Waals surface area contributed by atoms with Gasteiger partial charge in [0.15, 0.2) is 6.23 Å². The van der Waals surface area contributed by atoms with Crippen LogP contribution in [0.25, 0.3) is 10.9 Å². The van der Waals surface area contributed by atoms with E-state index in [4.69, 9.17) is 15.6 Å². The highest BCUT2D eigenvalue weighted by Gasteiger charge is 2.24.